The number of hydrogen-bond acceptors (Lipinski definition) is 3. The SMILES string of the molecule is CCCCCCCCCCCCCCCCOP(=O)(O)OCCCCCCCC. The van der Waals surface area contributed by atoms with Crippen molar-refractivity contribution in [3.8, 4) is 0 Å². The summed E-state index contributed by atoms with van der Waals surface area (Å²) in [5.74, 6) is 0. The van der Waals surface area contributed by atoms with Crippen molar-refractivity contribution in [1.29, 1.82) is 0 Å². The quantitative estimate of drug-likeness (QED) is 0.122. The first-order valence-electron chi connectivity index (χ1n) is 12.7. The molecule has 0 aromatic heterocycles. The van der Waals surface area contributed by atoms with Crippen molar-refractivity contribution >= 4 is 7.82 Å². The van der Waals surface area contributed by atoms with E-state index in [0.717, 1.165) is 25.7 Å². The van der Waals surface area contributed by atoms with Crippen LogP contribution in [0.25, 0.3) is 0 Å². The van der Waals surface area contributed by atoms with Gasteiger partial charge in [-0.25, -0.2) is 4.57 Å². The first kappa shape index (κ1) is 29.1. The Hall–Kier alpha value is 0.110. The van der Waals surface area contributed by atoms with Gasteiger partial charge in [0.2, 0.25) is 0 Å². The van der Waals surface area contributed by atoms with Crippen LogP contribution >= 0.6 is 7.82 Å². The van der Waals surface area contributed by atoms with Gasteiger partial charge in [-0.1, -0.05) is 129 Å². The van der Waals surface area contributed by atoms with Gasteiger partial charge in [0.05, 0.1) is 13.2 Å². The second-order valence-electron chi connectivity index (χ2n) is 8.50. The van der Waals surface area contributed by atoms with Gasteiger partial charge in [0.1, 0.15) is 0 Å². The van der Waals surface area contributed by atoms with Crippen LogP contribution in [0.2, 0.25) is 0 Å². The lowest BCUT2D eigenvalue weighted by Crippen LogP contribution is -1.99. The Labute approximate surface area is 182 Å². The molecule has 0 fully saturated rings. The van der Waals surface area contributed by atoms with Gasteiger partial charge in [0, 0.05) is 0 Å². The molecule has 0 aliphatic rings. The Kier molecular flexibility index (Phi) is 22.9. The Morgan fingerprint density at radius 3 is 1.00 bits per heavy atom. The minimum atomic E-state index is -3.84. The van der Waals surface area contributed by atoms with Crippen LogP contribution < -0.4 is 0 Å². The largest absolute Gasteiger partial charge is 0.472 e. The Morgan fingerprint density at radius 2 is 0.724 bits per heavy atom. The summed E-state index contributed by atoms with van der Waals surface area (Å²) in [5, 5.41) is 0. The summed E-state index contributed by atoms with van der Waals surface area (Å²) in [7, 11) is -3.84. The highest BCUT2D eigenvalue weighted by atomic mass is 31.2. The summed E-state index contributed by atoms with van der Waals surface area (Å²) in [6.45, 7) is 5.10. The van der Waals surface area contributed by atoms with Crippen LogP contribution in [0.5, 0.6) is 0 Å². The smallest absolute Gasteiger partial charge is 0.302 e. The summed E-state index contributed by atoms with van der Waals surface area (Å²) in [6, 6.07) is 0. The molecule has 1 unspecified atom stereocenters. The lowest BCUT2D eigenvalue weighted by atomic mass is 10.0. The second kappa shape index (κ2) is 22.8. The molecule has 0 heterocycles. The molecule has 0 aliphatic heterocycles. The average molecular weight is 435 g/mol. The highest BCUT2D eigenvalue weighted by molar-refractivity contribution is 7.47. The minimum Gasteiger partial charge on any atom is -0.302 e. The van der Waals surface area contributed by atoms with Crippen LogP contribution in [0, 0.1) is 0 Å². The van der Waals surface area contributed by atoms with Gasteiger partial charge in [0.25, 0.3) is 0 Å². The maximum Gasteiger partial charge on any atom is 0.472 e. The van der Waals surface area contributed by atoms with Crippen LogP contribution in [0.15, 0.2) is 0 Å². The highest BCUT2D eigenvalue weighted by Gasteiger charge is 2.19. The van der Waals surface area contributed by atoms with Crippen molar-refractivity contribution in [3.05, 3.63) is 0 Å². The monoisotopic (exact) mass is 434 g/mol. The lowest BCUT2D eigenvalue weighted by Gasteiger charge is -2.12. The standard InChI is InChI=1S/C24H51O4P/c1-3-5-7-9-11-12-13-14-15-16-17-18-20-22-24-28-29(25,26)27-23-21-19-10-8-6-4-2/h3-24H2,1-2H3,(H,25,26). The van der Waals surface area contributed by atoms with Gasteiger partial charge in [-0.2, -0.15) is 0 Å². The van der Waals surface area contributed by atoms with Gasteiger partial charge in [-0.15, -0.1) is 0 Å². The molecule has 0 rings (SSSR count). The maximum atomic E-state index is 11.8. The molecule has 0 bridgehead atoms. The summed E-state index contributed by atoms with van der Waals surface area (Å²) >= 11 is 0. The van der Waals surface area contributed by atoms with Crippen molar-refractivity contribution < 1.29 is 18.5 Å². The van der Waals surface area contributed by atoms with Crippen molar-refractivity contribution in [3.63, 3.8) is 0 Å². The Morgan fingerprint density at radius 1 is 0.483 bits per heavy atom. The van der Waals surface area contributed by atoms with E-state index in [4.69, 9.17) is 9.05 Å². The molecular formula is C24H51O4P. The van der Waals surface area contributed by atoms with Crippen molar-refractivity contribution in [2.45, 2.75) is 142 Å². The van der Waals surface area contributed by atoms with Gasteiger partial charge < -0.3 is 4.89 Å². The molecule has 29 heavy (non-hydrogen) atoms. The molecule has 4 nitrogen and oxygen atoms in total. The minimum absolute atomic E-state index is 0.318. The molecule has 1 atom stereocenters. The zero-order valence-corrected chi connectivity index (χ0v) is 20.6. The third-order valence-corrected chi connectivity index (χ3v) is 6.52. The van der Waals surface area contributed by atoms with Crippen molar-refractivity contribution in [2.75, 3.05) is 13.2 Å². The molecule has 0 radical (unpaired) electrons. The molecule has 0 spiro atoms. The number of phosphoric acid groups is 1. The summed E-state index contributed by atoms with van der Waals surface area (Å²) in [4.78, 5) is 9.67. The molecule has 0 saturated heterocycles. The first-order valence-corrected chi connectivity index (χ1v) is 14.2. The van der Waals surface area contributed by atoms with Gasteiger partial charge in [-0.05, 0) is 12.8 Å². The summed E-state index contributed by atoms with van der Waals surface area (Å²) < 4.78 is 21.9. The van der Waals surface area contributed by atoms with Crippen LogP contribution in [0.4, 0.5) is 0 Å². The van der Waals surface area contributed by atoms with Crippen LogP contribution in [0.3, 0.4) is 0 Å². The normalized spacial score (nSPS) is 13.6. The van der Waals surface area contributed by atoms with E-state index in [0.29, 0.717) is 13.2 Å². The highest BCUT2D eigenvalue weighted by Crippen LogP contribution is 2.43. The van der Waals surface area contributed by atoms with Gasteiger partial charge in [0.15, 0.2) is 0 Å². The average Bonchev–Trinajstić information content (AvgIpc) is 2.70. The number of rotatable bonds is 24. The molecule has 0 aliphatic carbocycles. The predicted molar refractivity (Wildman–Crippen MR) is 125 cm³/mol. The molecule has 0 aromatic carbocycles. The zero-order valence-electron chi connectivity index (χ0n) is 19.7. The molecule has 0 amide bonds. The van der Waals surface area contributed by atoms with Gasteiger partial charge >= 0.3 is 7.82 Å². The van der Waals surface area contributed by atoms with E-state index < -0.39 is 7.82 Å². The Balaban J connectivity index is 3.27. The number of unbranched alkanes of at least 4 members (excludes halogenated alkanes) is 18. The van der Waals surface area contributed by atoms with E-state index in [1.165, 1.54) is 103 Å². The zero-order chi connectivity index (χ0) is 21.5. The van der Waals surface area contributed by atoms with Crippen molar-refractivity contribution in [2.24, 2.45) is 0 Å². The third kappa shape index (κ3) is 24.3. The molecule has 1 N–H and O–H groups in total. The van der Waals surface area contributed by atoms with E-state index >= 15 is 0 Å². The Bertz CT molecular complexity index is 363. The van der Waals surface area contributed by atoms with E-state index in [9.17, 15) is 9.46 Å². The van der Waals surface area contributed by atoms with Crippen LogP contribution in [-0.2, 0) is 13.6 Å². The molecular weight excluding hydrogens is 383 g/mol. The van der Waals surface area contributed by atoms with E-state index in [-0.39, 0.29) is 0 Å². The van der Waals surface area contributed by atoms with Crippen molar-refractivity contribution in [1.82, 2.24) is 0 Å². The molecule has 176 valence electrons. The topological polar surface area (TPSA) is 55.8 Å². The molecule has 5 heteroatoms. The molecule has 0 saturated carbocycles. The van der Waals surface area contributed by atoms with Crippen LogP contribution in [-0.4, -0.2) is 18.1 Å². The van der Waals surface area contributed by atoms with Gasteiger partial charge in [-0.3, -0.25) is 9.05 Å². The molecule has 0 aromatic rings. The van der Waals surface area contributed by atoms with Crippen LogP contribution in [0.1, 0.15) is 142 Å². The third-order valence-electron chi connectivity index (χ3n) is 5.50. The predicted octanol–water partition coefficient (Wildman–Crippen LogP) is 8.96. The maximum absolute atomic E-state index is 11.8. The summed E-state index contributed by atoms with van der Waals surface area (Å²) in [5.41, 5.74) is 0. The fourth-order valence-corrected chi connectivity index (χ4v) is 4.37. The number of hydrogen-bond donors (Lipinski definition) is 1. The second-order valence-corrected chi connectivity index (χ2v) is 9.95. The first-order chi connectivity index (χ1) is 14.1. The fraction of sp³-hybridized carbons (Fsp3) is 1.00. The summed E-state index contributed by atoms with van der Waals surface area (Å²) in [6.07, 6.45) is 25.0. The number of phosphoric ester groups is 1. The van der Waals surface area contributed by atoms with E-state index in [1.807, 2.05) is 0 Å². The fourth-order valence-electron chi connectivity index (χ4n) is 3.58. The lowest BCUT2D eigenvalue weighted by molar-refractivity contribution is 0.145. The van der Waals surface area contributed by atoms with E-state index in [1.54, 1.807) is 0 Å². The van der Waals surface area contributed by atoms with E-state index in [2.05, 4.69) is 13.8 Å².